The van der Waals surface area contributed by atoms with E-state index in [0.29, 0.717) is 12.5 Å². The third-order valence-electron chi connectivity index (χ3n) is 3.97. The van der Waals surface area contributed by atoms with E-state index in [-0.39, 0.29) is 12.1 Å². The molecule has 1 fully saturated rings. The van der Waals surface area contributed by atoms with Crippen molar-refractivity contribution in [1.29, 1.82) is 0 Å². The summed E-state index contributed by atoms with van der Waals surface area (Å²) in [5.41, 5.74) is 7.32. The van der Waals surface area contributed by atoms with Gasteiger partial charge in [-0.15, -0.1) is 0 Å². The van der Waals surface area contributed by atoms with Crippen molar-refractivity contribution in [3.05, 3.63) is 29.8 Å². The van der Waals surface area contributed by atoms with E-state index in [0.717, 1.165) is 44.0 Å². The van der Waals surface area contributed by atoms with Gasteiger partial charge in [0.15, 0.2) is 0 Å². The van der Waals surface area contributed by atoms with Crippen LogP contribution in [0.25, 0.3) is 0 Å². The molecule has 19 heavy (non-hydrogen) atoms. The van der Waals surface area contributed by atoms with Crippen molar-refractivity contribution in [2.75, 3.05) is 26.4 Å². The second-order valence-corrected chi connectivity index (χ2v) is 5.30. The van der Waals surface area contributed by atoms with Gasteiger partial charge in [0, 0.05) is 18.8 Å². The number of nitrogens with two attached hydrogens (primary N) is 1. The first kappa shape index (κ1) is 12.9. The Kier molecular flexibility index (Phi) is 4.01. The molecule has 0 aromatic heterocycles. The summed E-state index contributed by atoms with van der Waals surface area (Å²) in [6.07, 6.45) is 2.12. The molecule has 0 aliphatic carbocycles. The summed E-state index contributed by atoms with van der Waals surface area (Å²) in [6, 6.07) is 7.84. The first-order valence-corrected chi connectivity index (χ1v) is 7.01. The molecule has 2 atom stereocenters. The van der Waals surface area contributed by atoms with Crippen LogP contribution < -0.4 is 10.5 Å². The van der Waals surface area contributed by atoms with Crippen LogP contribution in [0.5, 0.6) is 5.75 Å². The number of benzene rings is 1. The molecule has 1 aromatic carbocycles. The third kappa shape index (κ3) is 2.91. The largest absolute Gasteiger partial charge is 0.490 e. The minimum atomic E-state index is -0.0928. The van der Waals surface area contributed by atoms with Crippen LogP contribution in [0.3, 0.4) is 0 Å². The molecule has 0 amide bonds. The minimum absolute atomic E-state index is 0.0438. The Morgan fingerprint density at radius 1 is 1.21 bits per heavy atom. The van der Waals surface area contributed by atoms with Gasteiger partial charge in [-0.1, -0.05) is 18.2 Å². The van der Waals surface area contributed by atoms with Crippen molar-refractivity contribution in [3.8, 4) is 5.75 Å². The first-order valence-electron chi connectivity index (χ1n) is 7.01. The van der Waals surface area contributed by atoms with Gasteiger partial charge in [0.2, 0.25) is 0 Å². The minimum Gasteiger partial charge on any atom is -0.490 e. The first-order chi connectivity index (χ1) is 9.34. The number of hydrogen-bond acceptors (Lipinski definition) is 4. The normalized spacial score (nSPS) is 27.6. The van der Waals surface area contributed by atoms with Crippen molar-refractivity contribution in [2.24, 2.45) is 11.7 Å². The molecule has 0 spiro atoms. The molecule has 4 nitrogen and oxygen atoms in total. The van der Waals surface area contributed by atoms with Crippen LogP contribution in [0.15, 0.2) is 24.3 Å². The Morgan fingerprint density at radius 3 is 2.84 bits per heavy atom. The van der Waals surface area contributed by atoms with Crippen LogP contribution in [-0.2, 0) is 9.47 Å². The molecule has 2 unspecified atom stereocenters. The molecular weight excluding hydrogens is 242 g/mol. The highest BCUT2D eigenvalue weighted by atomic mass is 16.5. The molecule has 2 aliphatic rings. The van der Waals surface area contributed by atoms with Gasteiger partial charge in [0.1, 0.15) is 18.5 Å². The molecule has 0 bridgehead atoms. The molecule has 2 heterocycles. The Hall–Kier alpha value is -1.10. The van der Waals surface area contributed by atoms with E-state index >= 15 is 0 Å². The fourth-order valence-corrected chi connectivity index (χ4v) is 2.69. The molecule has 1 aromatic rings. The van der Waals surface area contributed by atoms with Crippen molar-refractivity contribution in [2.45, 2.75) is 25.0 Å². The van der Waals surface area contributed by atoms with Gasteiger partial charge in [-0.2, -0.15) is 0 Å². The molecule has 0 saturated carbocycles. The molecule has 4 heteroatoms. The van der Waals surface area contributed by atoms with Crippen molar-refractivity contribution in [1.82, 2.24) is 0 Å². The molecule has 0 radical (unpaired) electrons. The summed E-state index contributed by atoms with van der Waals surface area (Å²) in [7, 11) is 0. The number of fused-ring (bicyclic) bond motifs is 1. The predicted molar refractivity (Wildman–Crippen MR) is 72.1 cm³/mol. The number of rotatable bonds is 3. The third-order valence-corrected chi connectivity index (χ3v) is 3.97. The van der Waals surface area contributed by atoms with Crippen molar-refractivity contribution < 1.29 is 14.2 Å². The highest BCUT2D eigenvalue weighted by Crippen LogP contribution is 2.32. The van der Waals surface area contributed by atoms with Gasteiger partial charge in [0.05, 0.1) is 12.6 Å². The van der Waals surface area contributed by atoms with Crippen molar-refractivity contribution >= 4 is 0 Å². The van der Waals surface area contributed by atoms with E-state index in [1.807, 2.05) is 24.3 Å². The second-order valence-electron chi connectivity index (χ2n) is 5.30. The summed E-state index contributed by atoms with van der Waals surface area (Å²) < 4.78 is 17.1. The molecule has 2 N–H and O–H groups in total. The van der Waals surface area contributed by atoms with Crippen LogP contribution in [0.4, 0.5) is 0 Å². The van der Waals surface area contributed by atoms with Gasteiger partial charge in [-0.3, -0.25) is 0 Å². The lowest BCUT2D eigenvalue weighted by molar-refractivity contribution is -0.0426. The van der Waals surface area contributed by atoms with Gasteiger partial charge in [0.25, 0.3) is 0 Å². The molecule has 1 saturated heterocycles. The zero-order valence-electron chi connectivity index (χ0n) is 11.1. The van der Waals surface area contributed by atoms with E-state index < -0.39 is 0 Å². The Labute approximate surface area is 113 Å². The predicted octanol–water partition coefficient (Wildman–Crippen LogP) is 1.89. The van der Waals surface area contributed by atoms with Gasteiger partial charge in [-0.05, 0) is 24.8 Å². The van der Waals surface area contributed by atoms with Crippen LogP contribution in [0.2, 0.25) is 0 Å². The van der Waals surface area contributed by atoms with Gasteiger partial charge >= 0.3 is 0 Å². The lowest BCUT2D eigenvalue weighted by atomic mass is 9.98. The van der Waals surface area contributed by atoms with E-state index in [9.17, 15) is 0 Å². The molecule has 2 aliphatic heterocycles. The fourth-order valence-electron chi connectivity index (χ4n) is 2.69. The highest BCUT2D eigenvalue weighted by molar-refractivity contribution is 5.38. The van der Waals surface area contributed by atoms with E-state index in [4.69, 9.17) is 19.9 Å². The van der Waals surface area contributed by atoms with Crippen LogP contribution in [0.1, 0.15) is 24.4 Å². The molecular formula is C15H21NO3. The Bertz CT molecular complexity index is 418. The summed E-state index contributed by atoms with van der Waals surface area (Å²) >= 11 is 0. The zero-order valence-corrected chi connectivity index (χ0v) is 11.1. The molecule has 3 rings (SSSR count). The maximum Gasteiger partial charge on any atom is 0.124 e. The van der Waals surface area contributed by atoms with Gasteiger partial charge < -0.3 is 19.9 Å². The Balaban J connectivity index is 1.57. The van der Waals surface area contributed by atoms with E-state index in [2.05, 4.69) is 0 Å². The van der Waals surface area contributed by atoms with E-state index in [1.54, 1.807) is 0 Å². The number of ether oxygens (including phenoxy) is 3. The summed E-state index contributed by atoms with van der Waals surface area (Å²) in [5.74, 6) is 1.49. The maximum absolute atomic E-state index is 6.28. The Morgan fingerprint density at radius 2 is 2.00 bits per heavy atom. The summed E-state index contributed by atoms with van der Waals surface area (Å²) in [5, 5.41) is 0. The van der Waals surface area contributed by atoms with Gasteiger partial charge in [-0.25, -0.2) is 0 Å². The average molecular weight is 263 g/mol. The summed E-state index contributed by atoms with van der Waals surface area (Å²) in [4.78, 5) is 0. The quantitative estimate of drug-likeness (QED) is 0.905. The van der Waals surface area contributed by atoms with Crippen LogP contribution in [0, 0.1) is 5.92 Å². The highest BCUT2D eigenvalue weighted by Gasteiger charge is 2.29. The smallest absolute Gasteiger partial charge is 0.124 e. The van der Waals surface area contributed by atoms with Crippen LogP contribution >= 0.6 is 0 Å². The van der Waals surface area contributed by atoms with E-state index in [1.165, 1.54) is 0 Å². The fraction of sp³-hybridized carbons (Fsp3) is 0.600. The second kappa shape index (κ2) is 5.90. The average Bonchev–Trinajstić information content (AvgIpc) is 2.48. The van der Waals surface area contributed by atoms with Crippen molar-refractivity contribution in [3.63, 3.8) is 0 Å². The zero-order chi connectivity index (χ0) is 13.1. The monoisotopic (exact) mass is 263 g/mol. The summed E-state index contributed by atoms with van der Waals surface area (Å²) in [6.45, 7) is 3.00. The molecule has 104 valence electrons. The number of para-hydroxylation sites is 1. The topological polar surface area (TPSA) is 53.7 Å². The SMILES string of the molecule is NC1c2ccccc2OCC1OCC1CCOCC1. The van der Waals surface area contributed by atoms with Crippen LogP contribution in [-0.4, -0.2) is 32.5 Å². The standard InChI is InChI=1S/C15H21NO3/c16-15-12-3-1-2-4-13(12)19-10-14(15)18-9-11-5-7-17-8-6-11/h1-4,11,14-15H,5-10,16H2. The lowest BCUT2D eigenvalue weighted by Gasteiger charge is -2.32. The maximum atomic E-state index is 6.28. The number of hydrogen-bond donors (Lipinski definition) is 1. The lowest BCUT2D eigenvalue weighted by Crippen LogP contribution is -2.39.